The quantitative estimate of drug-likeness (QED) is 0.200. The van der Waals surface area contributed by atoms with E-state index in [0.29, 0.717) is 5.82 Å². The van der Waals surface area contributed by atoms with E-state index in [0.717, 1.165) is 72.0 Å². The van der Waals surface area contributed by atoms with Gasteiger partial charge in [0, 0.05) is 44.3 Å². The highest BCUT2D eigenvalue weighted by Gasteiger charge is 2.35. The Bertz CT molecular complexity index is 3020. The van der Waals surface area contributed by atoms with Gasteiger partial charge in [-0.3, -0.25) is 4.57 Å². The van der Waals surface area contributed by atoms with Crippen molar-refractivity contribution in [2.24, 2.45) is 4.99 Å². The van der Waals surface area contributed by atoms with Gasteiger partial charge in [-0.05, 0) is 58.7 Å². The number of rotatable bonds is 4. The number of aliphatic imine (C=N–C) groups is 1. The molecule has 2 aliphatic rings. The fourth-order valence-electron chi connectivity index (χ4n) is 8.53. The Morgan fingerprint density at radius 1 is 0.623 bits per heavy atom. The first-order valence-electron chi connectivity index (χ1n) is 18.1. The summed E-state index contributed by atoms with van der Waals surface area (Å²) in [5, 5.41) is 8.01. The van der Waals surface area contributed by atoms with Crippen LogP contribution in [0.3, 0.4) is 0 Å². The minimum atomic E-state index is -0.450. The molecular formula is C47H33N5O. The fraction of sp³-hybridized carbons (Fsp3) is 0.0851. The van der Waals surface area contributed by atoms with Crippen molar-refractivity contribution in [3.63, 3.8) is 0 Å². The molecule has 6 aromatic carbocycles. The van der Waals surface area contributed by atoms with Crippen molar-refractivity contribution >= 4 is 49.5 Å². The second-order valence-corrected chi connectivity index (χ2v) is 14.5. The van der Waals surface area contributed by atoms with E-state index in [1.807, 2.05) is 42.6 Å². The van der Waals surface area contributed by atoms with Crippen molar-refractivity contribution in [2.75, 3.05) is 0 Å². The number of hydrogen-bond acceptors (Lipinski definition) is 5. The van der Waals surface area contributed by atoms with E-state index in [9.17, 15) is 0 Å². The lowest BCUT2D eigenvalue weighted by molar-refractivity contribution is 0.497. The molecule has 0 bridgehead atoms. The maximum Gasteiger partial charge on any atom is 0.201 e. The van der Waals surface area contributed by atoms with Gasteiger partial charge in [-0.15, -0.1) is 0 Å². The number of para-hydroxylation sites is 2. The molecule has 1 N–H and O–H groups in total. The molecule has 1 aliphatic heterocycles. The number of benzene rings is 6. The van der Waals surface area contributed by atoms with E-state index in [-0.39, 0.29) is 5.41 Å². The van der Waals surface area contributed by atoms with Gasteiger partial charge in [0.25, 0.3) is 0 Å². The molecule has 0 radical (unpaired) electrons. The van der Waals surface area contributed by atoms with E-state index < -0.39 is 6.29 Å². The Balaban J connectivity index is 1.09. The first-order valence-corrected chi connectivity index (χ1v) is 18.1. The summed E-state index contributed by atoms with van der Waals surface area (Å²) in [6.07, 6.45) is 3.53. The summed E-state index contributed by atoms with van der Waals surface area (Å²) in [6, 6.07) is 48.9. The summed E-state index contributed by atoms with van der Waals surface area (Å²) in [7, 11) is 0. The summed E-state index contributed by atoms with van der Waals surface area (Å²) in [5.41, 5.74) is 13.3. The van der Waals surface area contributed by atoms with Gasteiger partial charge >= 0.3 is 0 Å². The van der Waals surface area contributed by atoms with Crippen molar-refractivity contribution in [2.45, 2.75) is 25.6 Å². The van der Waals surface area contributed by atoms with Gasteiger partial charge in [0.05, 0.1) is 28.1 Å². The molecule has 1 aliphatic carbocycles. The predicted octanol–water partition coefficient (Wildman–Crippen LogP) is 11.2. The van der Waals surface area contributed by atoms with Crippen LogP contribution in [-0.2, 0) is 5.41 Å². The van der Waals surface area contributed by atoms with Crippen LogP contribution in [0.5, 0.6) is 0 Å². The molecule has 11 rings (SSSR count). The largest absolute Gasteiger partial charge is 0.454 e. The molecule has 3 aromatic heterocycles. The topological polar surface area (TPSA) is 68.2 Å². The standard InChI is InChI=1S/C47H33N5O/c1-47(2)36-17-9-6-14-30(36)31-21-20-29(26-37(31)47)39-27-40(50-45(49-39)28-12-4-3-5-13-28)38-24-25-48-46(51-38)52-41-18-10-7-15-32(41)34-22-23-35-33-16-8-11-19-42(33)53-44(35)43(34)52/h3-27,46,48H,1-2H3. The Morgan fingerprint density at radius 3 is 2.26 bits per heavy atom. The number of hydrogen-bond donors (Lipinski definition) is 1. The minimum absolute atomic E-state index is 0.122. The second kappa shape index (κ2) is 11.1. The molecular weight excluding hydrogens is 651 g/mol. The van der Waals surface area contributed by atoms with E-state index in [2.05, 4.69) is 133 Å². The zero-order valence-corrected chi connectivity index (χ0v) is 29.2. The molecule has 6 nitrogen and oxygen atoms in total. The normalized spacial score (nSPS) is 15.9. The Hall–Kier alpha value is -6.79. The van der Waals surface area contributed by atoms with Crippen molar-refractivity contribution in [3.05, 3.63) is 169 Å². The average Bonchev–Trinajstić information content (AvgIpc) is 3.84. The highest BCUT2D eigenvalue weighted by molar-refractivity contribution is 6.21. The second-order valence-electron chi connectivity index (χ2n) is 14.5. The Morgan fingerprint density at radius 2 is 1.36 bits per heavy atom. The molecule has 1 atom stereocenters. The Kier molecular flexibility index (Phi) is 6.26. The van der Waals surface area contributed by atoms with Gasteiger partial charge < -0.3 is 9.73 Å². The third kappa shape index (κ3) is 4.42. The van der Waals surface area contributed by atoms with Crippen LogP contribution >= 0.6 is 0 Å². The van der Waals surface area contributed by atoms with E-state index in [4.69, 9.17) is 19.4 Å². The molecule has 4 heterocycles. The van der Waals surface area contributed by atoms with Crippen LogP contribution in [0.4, 0.5) is 0 Å². The van der Waals surface area contributed by atoms with E-state index in [1.165, 1.54) is 22.3 Å². The monoisotopic (exact) mass is 683 g/mol. The van der Waals surface area contributed by atoms with Gasteiger partial charge in [-0.1, -0.05) is 123 Å². The maximum absolute atomic E-state index is 6.60. The highest BCUT2D eigenvalue weighted by atomic mass is 16.3. The third-order valence-electron chi connectivity index (χ3n) is 11.1. The van der Waals surface area contributed by atoms with Gasteiger partial charge in [0.2, 0.25) is 6.29 Å². The molecule has 1 unspecified atom stereocenters. The molecule has 0 saturated heterocycles. The van der Waals surface area contributed by atoms with Crippen LogP contribution in [0.1, 0.15) is 37.0 Å². The van der Waals surface area contributed by atoms with Crippen molar-refractivity contribution in [1.29, 1.82) is 0 Å². The van der Waals surface area contributed by atoms with E-state index >= 15 is 0 Å². The number of nitrogens with zero attached hydrogens (tertiary/aromatic N) is 4. The van der Waals surface area contributed by atoms with Crippen LogP contribution in [0.2, 0.25) is 0 Å². The lowest BCUT2D eigenvalue weighted by Crippen LogP contribution is -2.25. The van der Waals surface area contributed by atoms with Gasteiger partial charge in [0.15, 0.2) is 11.4 Å². The summed E-state index contributed by atoms with van der Waals surface area (Å²) in [6.45, 7) is 4.62. The van der Waals surface area contributed by atoms with Gasteiger partial charge in [-0.2, -0.15) is 0 Å². The number of furan rings is 1. The minimum Gasteiger partial charge on any atom is -0.454 e. The van der Waals surface area contributed by atoms with Crippen LogP contribution in [0.15, 0.2) is 161 Å². The molecule has 0 spiro atoms. The van der Waals surface area contributed by atoms with Crippen molar-refractivity contribution in [1.82, 2.24) is 19.9 Å². The number of fused-ring (bicyclic) bond motifs is 10. The SMILES string of the molecule is CC1(C)c2ccccc2-c2ccc(-c3cc(C4=NC(n5c6ccccc6c6ccc7c8ccccc8oc7c65)NC=C4)nc(-c4ccccc4)n3)cc21. The summed E-state index contributed by atoms with van der Waals surface area (Å²) in [4.78, 5) is 15.7. The number of allylic oxidation sites excluding steroid dienone is 1. The predicted molar refractivity (Wildman–Crippen MR) is 215 cm³/mol. The summed E-state index contributed by atoms with van der Waals surface area (Å²) < 4.78 is 8.86. The van der Waals surface area contributed by atoms with Crippen LogP contribution in [0, 0.1) is 0 Å². The van der Waals surface area contributed by atoms with Crippen molar-refractivity contribution < 1.29 is 4.42 Å². The molecule has 6 heteroatoms. The number of nitrogens with one attached hydrogen (secondary N) is 1. The molecule has 9 aromatic rings. The summed E-state index contributed by atoms with van der Waals surface area (Å²) >= 11 is 0. The molecule has 0 fully saturated rings. The molecule has 53 heavy (non-hydrogen) atoms. The lowest BCUT2D eigenvalue weighted by atomic mass is 9.82. The molecule has 252 valence electrons. The van der Waals surface area contributed by atoms with E-state index in [1.54, 1.807) is 0 Å². The maximum atomic E-state index is 6.60. The molecule has 0 saturated carbocycles. The van der Waals surface area contributed by atoms with Crippen LogP contribution in [-0.4, -0.2) is 20.2 Å². The highest BCUT2D eigenvalue weighted by Crippen LogP contribution is 2.49. The molecule has 0 amide bonds. The lowest BCUT2D eigenvalue weighted by Gasteiger charge is -2.23. The smallest absolute Gasteiger partial charge is 0.201 e. The van der Waals surface area contributed by atoms with Crippen molar-refractivity contribution in [3.8, 4) is 33.8 Å². The first-order chi connectivity index (χ1) is 26.0. The number of aromatic nitrogens is 3. The average molecular weight is 684 g/mol. The third-order valence-corrected chi connectivity index (χ3v) is 11.1. The fourth-order valence-corrected chi connectivity index (χ4v) is 8.53. The Labute approximate surface area is 305 Å². The zero-order valence-electron chi connectivity index (χ0n) is 29.2. The van der Waals surface area contributed by atoms with Crippen LogP contribution in [0.25, 0.3) is 77.5 Å². The zero-order chi connectivity index (χ0) is 35.3. The van der Waals surface area contributed by atoms with Gasteiger partial charge in [-0.25, -0.2) is 15.0 Å². The van der Waals surface area contributed by atoms with Gasteiger partial charge in [0.1, 0.15) is 5.58 Å². The van der Waals surface area contributed by atoms with Crippen LogP contribution < -0.4 is 5.32 Å². The first kappa shape index (κ1) is 29.9. The summed E-state index contributed by atoms with van der Waals surface area (Å²) in [5.74, 6) is 0.660.